The Balaban J connectivity index is 1.55. The number of anilines is 1. The van der Waals surface area contributed by atoms with Crippen LogP contribution in [0.2, 0.25) is 0 Å². The van der Waals surface area contributed by atoms with E-state index < -0.39 is 29.6 Å². The van der Waals surface area contributed by atoms with E-state index in [1.807, 2.05) is 0 Å². The Morgan fingerprint density at radius 3 is 2.53 bits per heavy atom. The zero-order chi connectivity index (χ0) is 21.3. The predicted molar refractivity (Wildman–Crippen MR) is 109 cm³/mol. The third-order valence-corrected chi connectivity index (χ3v) is 4.92. The quantitative estimate of drug-likeness (QED) is 0.370. The molecule has 9 heteroatoms. The Hall–Kier alpha value is -3.33. The molecule has 2 N–H and O–H groups in total. The van der Waals surface area contributed by atoms with E-state index in [9.17, 15) is 18.0 Å². The average molecular weight is 476 g/mol. The second-order valence-electron chi connectivity index (χ2n) is 6.35. The highest BCUT2D eigenvalue weighted by molar-refractivity contribution is 9.10. The molecule has 1 amide bonds. The lowest BCUT2D eigenvalue weighted by molar-refractivity contribution is 0.102. The highest BCUT2D eigenvalue weighted by Gasteiger charge is 2.16. The van der Waals surface area contributed by atoms with Gasteiger partial charge < -0.3 is 10.1 Å². The molecule has 1 heterocycles. The molecular weight excluding hydrogens is 463 g/mol. The molecule has 5 nitrogen and oxygen atoms in total. The number of H-pyrrole nitrogens is 1. The van der Waals surface area contributed by atoms with Crippen LogP contribution < -0.4 is 10.1 Å². The number of rotatable bonds is 5. The Kier molecular flexibility index (Phi) is 5.45. The maximum absolute atomic E-state index is 13.8. The lowest BCUT2D eigenvalue weighted by Crippen LogP contribution is -2.12. The summed E-state index contributed by atoms with van der Waals surface area (Å²) in [5, 5.41) is 10.1. The standard InChI is InChI=1S/C21H13BrF3N3O2/c22-12-3-1-11(2-4-12)21(29)26-20-14-9-13(5-8-18(14)27-28-20)30-10-15-16(23)6-7-17(24)19(15)25/h1-9H,10H2,(H2,26,27,28,29). The van der Waals surface area contributed by atoms with Crippen LogP contribution in [0, 0.1) is 17.5 Å². The molecule has 0 fully saturated rings. The van der Waals surface area contributed by atoms with E-state index in [0.29, 0.717) is 22.5 Å². The van der Waals surface area contributed by atoms with Crippen molar-refractivity contribution in [3.63, 3.8) is 0 Å². The van der Waals surface area contributed by atoms with Crippen molar-refractivity contribution in [3.8, 4) is 5.75 Å². The number of hydrogen-bond acceptors (Lipinski definition) is 3. The first-order valence-corrected chi connectivity index (χ1v) is 9.52. The smallest absolute Gasteiger partial charge is 0.256 e. The predicted octanol–water partition coefficient (Wildman–Crippen LogP) is 5.57. The normalized spacial score (nSPS) is 10.9. The number of benzene rings is 3. The number of fused-ring (bicyclic) bond motifs is 1. The van der Waals surface area contributed by atoms with Crippen molar-refractivity contribution in [2.45, 2.75) is 6.61 Å². The molecule has 3 aromatic carbocycles. The van der Waals surface area contributed by atoms with Crippen LogP contribution in [-0.2, 0) is 6.61 Å². The molecule has 0 bridgehead atoms. The number of aromatic nitrogens is 2. The zero-order valence-electron chi connectivity index (χ0n) is 15.2. The van der Waals surface area contributed by atoms with Crippen molar-refractivity contribution >= 4 is 38.6 Å². The summed E-state index contributed by atoms with van der Waals surface area (Å²) < 4.78 is 47.2. The van der Waals surface area contributed by atoms with Gasteiger partial charge in [0.2, 0.25) is 0 Å². The molecule has 0 unspecified atom stereocenters. The van der Waals surface area contributed by atoms with E-state index in [4.69, 9.17) is 4.74 Å². The van der Waals surface area contributed by atoms with Crippen molar-refractivity contribution in [1.29, 1.82) is 0 Å². The van der Waals surface area contributed by atoms with Gasteiger partial charge in [0.15, 0.2) is 17.5 Å². The van der Waals surface area contributed by atoms with Gasteiger partial charge in [-0.25, -0.2) is 13.2 Å². The van der Waals surface area contributed by atoms with Crippen molar-refractivity contribution in [3.05, 3.63) is 87.6 Å². The van der Waals surface area contributed by atoms with Gasteiger partial charge in [-0.3, -0.25) is 9.89 Å². The molecule has 0 saturated carbocycles. The number of ether oxygens (including phenoxy) is 1. The van der Waals surface area contributed by atoms with Gasteiger partial charge in [-0.1, -0.05) is 15.9 Å². The Labute approximate surface area is 177 Å². The molecule has 152 valence electrons. The van der Waals surface area contributed by atoms with E-state index in [1.54, 1.807) is 42.5 Å². The number of halogens is 4. The van der Waals surface area contributed by atoms with Gasteiger partial charge >= 0.3 is 0 Å². The molecule has 4 aromatic rings. The highest BCUT2D eigenvalue weighted by atomic mass is 79.9. The Bertz CT molecular complexity index is 1240. The second-order valence-corrected chi connectivity index (χ2v) is 7.27. The summed E-state index contributed by atoms with van der Waals surface area (Å²) in [6, 6.07) is 13.1. The van der Waals surface area contributed by atoms with Gasteiger partial charge in [0, 0.05) is 15.4 Å². The summed E-state index contributed by atoms with van der Waals surface area (Å²) in [6.07, 6.45) is 0. The first-order chi connectivity index (χ1) is 14.4. The molecule has 30 heavy (non-hydrogen) atoms. The van der Waals surface area contributed by atoms with E-state index >= 15 is 0 Å². The molecule has 0 aliphatic heterocycles. The van der Waals surface area contributed by atoms with Crippen LogP contribution in [0.5, 0.6) is 5.75 Å². The summed E-state index contributed by atoms with van der Waals surface area (Å²) in [4.78, 5) is 12.4. The molecule has 0 aliphatic rings. The molecule has 0 radical (unpaired) electrons. The maximum Gasteiger partial charge on any atom is 0.256 e. The second kappa shape index (κ2) is 8.19. The fourth-order valence-electron chi connectivity index (χ4n) is 2.82. The molecule has 0 atom stereocenters. The van der Waals surface area contributed by atoms with Crippen LogP contribution in [0.4, 0.5) is 19.0 Å². The van der Waals surface area contributed by atoms with Gasteiger partial charge in [0.05, 0.1) is 11.1 Å². The van der Waals surface area contributed by atoms with E-state index in [0.717, 1.165) is 10.5 Å². The lowest BCUT2D eigenvalue weighted by Gasteiger charge is -2.09. The third-order valence-electron chi connectivity index (χ3n) is 4.39. The average Bonchev–Trinajstić information content (AvgIpc) is 3.13. The highest BCUT2D eigenvalue weighted by Crippen LogP contribution is 2.27. The Morgan fingerprint density at radius 1 is 1.03 bits per heavy atom. The minimum Gasteiger partial charge on any atom is -0.489 e. The summed E-state index contributed by atoms with van der Waals surface area (Å²) in [6.45, 7) is -0.501. The first kappa shape index (κ1) is 20.0. The molecule has 1 aromatic heterocycles. The SMILES string of the molecule is O=C(Nc1n[nH]c2ccc(OCc3c(F)ccc(F)c3F)cc12)c1ccc(Br)cc1. The number of amides is 1. The van der Waals surface area contributed by atoms with Crippen molar-refractivity contribution in [2.24, 2.45) is 0 Å². The summed E-state index contributed by atoms with van der Waals surface area (Å²) in [5.74, 6) is -3.16. The van der Waals surface area contributed by atoms with Crippen LogP contribution in [0.15, 0.2) is 59.1 Å². The third kappa shape index (κ3) is 4.02. The van der Waals surface area contributed by atoms with E-state index in [-0.39, 0.29) is 17.5 Å². The van der Waals surface area contributed by atoms with E-state index in [1.165, 1.54) is 0 Å². The minimum atomic E-state index is -1.29. The van der Waals surface area contributed by atoms with Gasteiger partial charge in [-0.05, 0) is 54.6 Å². The number of carbonyl (C=O) groups excluding carboxylic acids is 1. The first-order valence-electron chi connectivity index (χ1n) is 8.72. The summed E-state index contributed by atoms with van der Waals surface area (Å²) in [7, 11) is 0. The largest absolute Gasteiger partial charge is 0.489 e. The van der Waals surface area contributed by atoms with Crippen LogP contribution in [0.1, 0.15) is 15.9 Å². The lowest BCUT2D eigenvalue weighted by atomic mass is 10.2. The number of aromatic amines is 1. The molecule has 0 saturated heterocycles. The number of nitrogens with zero attached hydrogens (tertiary/aromatic N) is 1. The van der Waals surface area contributed by atoms with Crippen molar-refractivity contribution < 1.29 is 22.7 Å². The Morgan fingerprint density at radius 2 is 1.77 bits per heavy atom. The van der Waals surface area contributed by atoms with Gasteiger partial charge in [-0.15, -0.1) is 0 Å². The number of hydrogen-bond donors (Lipinski definition) is 2. The van der Waals surface area contributed by atoms with Crippen LogP contribution in [0.25, 0.3) is 10.9 Å². The number of nitrogens with one attached hydrogen (secondary N) is 2. The van der Waals surface area contributed by atoms with Crippen molar-refractivity contribution in [2.75, 3.05) is 5.32 Å². The molecule has 0 aliphatic carbocycles. The zero-order valence-corrected chi connectivity index (χ0v) is 16.8. The van der Waals surface area contributed by atoms with Crippen LogP contribution >= 0.6 is 15.9 Å². The van der Waals surface area contributed by atoms with Crippen LogP contribution in [0.3, 0.4) is 0 Å². The fraction of sp³-hybridized carbons (Fsp3) is 0.0476. The van der Waals surface area contributed by atoms with Gasteiger partial charge in [0.1, 0.15) is 18.2 Å². The molecule has 4 rings (SSSR count). The topological polar surface area (TPSA) is 67.0 Å². The molecular formula is C21H13BrF3N3O2. The van der Waals surface area contributed by atoms with Gasteiger partial charge in [-0.2, -0.15) is 5.10 Å². The van der Waals surface area contributed by atoms with E-state index in [2.05, 4.69) is 31.4 Å². The summed E-state index contributed by atoms with van der Waals surface area (Å²) in [5.41, 5.74) is 0.557. The maximum atomic E-state index is 13.8. The molecule has 0 spiro atoms. The summed E-state index contributed by atoms with van der Waals surface area (Å²) >= 11 is 3.31. The van der Waals surface area contributed by atoms with Crippen LogP contribution in [-0.4, -0.2) is 16.1 Å². The fourth-order valence-corrected chi connectivity index (χ4v) is 3.08. The van der Waals surface area contributed by atoms with Crippen molar-refractivity contribution in [1.82, 2.24) is 10.2 Å². The number of carbonyl (C=O) groups is 1. The van der Waals surface area contributed by atoms with Gasteiger partial charge in [0.25, 0.3) is 5.91 Å². The minimum absolute atomic E-state index is 0.270. The monoisotopic (exact) mass is 475 g/mol.